The fourth-order valence-electron chi connectivity index (χ4n) is 3.78. The molecule has 2 heterocycles. The van der Waals surface area contributed by atoms with Crippen molar-refractivity contribution in [3.8, 4) is 5.75 Å². The Balaban J connectivity index is 1.87. The van der Waals surface area contributed by atoms with Gasteiger partial charge in [-0.15, -0.1) is 0 Å². The molecule has 11 heteroatoms. The van der Waals surface area contributed by atoms with E-state index in [4.69, 9.17) is 18.9 Å². The van der Waals surface area contributed by atoms with E-state index in [2.05, 4.69) is 10.3 Å². The number of carbonyl (C=O) groups is 5. The van der Waals surface area contributed by atoms with Crippen molar-refractivity contribution in [1.29, 1.82) is 0 Å². The Morgan fingerprint density at radius 3 is 2.45 bits per heavy atom. The van der Waals surface area contributed by atoms with Crippen molar-refractivity contribution in [3.05, 3.63) is 59.9 Å². The Bertz CT molecular complexity index is 1180. The lowest BCUT2D eigenvalue weighted by Crippen LogP contribution is -2.47. The van der Waals surface area contributed by atoms with Crippen LogP contribution < -0.4 is 10.1 Å². The molecule has 1 amide bonds. The lowest BCUT2D eigenvalue weighted by atomic mass is 9.91. The van der Waals surface area contributed by atoms with Crippen LogP contribution in [0.1, 0.15) is 43.7 Å². The molecule has 0 aliphatic carbocycles. The summed E-state index contributed by atoms with van der Waals surface area (Å²) >= 11 is 0. The predicted molar refractivity (Wildman–Crippen MR) is 132 cm³/mol. The molecule has 11 nitrogen and oxygen atoms in total. The van der Waals surface area contributed by atoms with E-state index in [9.17, 15) is 24.0 Å². The van der Waals surface area contributed by atoms with Crippen LogP contribution in [0.25, 0.3) is 0 Å². The normalized spacial score (nSPS) is 21.7. The second kappa shape index (κ2) is 12.8. The van der Waals surface area contributed by atoms with Crippen molar-refractivity contribution >= 4 is 29.8 Å². The predicted octanol–water partition coefficient (Wildman–Crippen LogP) is 2.02. The van der Waals surface area contributed by atoms with E-state index in [0.717, 1.165) is 5.56 Å². The van der Waals surface area contributed by atoms with Gasteiger partial charge in [0.1, 0.15) is 18.6 Å². The molecular formula is C27H30N2O9. The van der Waals surface area contributed by atoms with Gasteiger partial charge in [-0.25, -0.2) is 9.78 Å². The monoisotopic (exact) mass is 526 g/mol. The lowest BCUT2D eigenvalue weighted by molar-refractivity contribution is -0.176. The molecule has 1 aliphatic heterocycles. The topological polar surface area (TPSA) is 147 Å². The van der Waals surface area contributed by atoms with Gasteiger partial charge in [0.15, 0.2) is 23.6 Å². The lowest BCUT2D eigenvalue weighted by Gasteiger charge is -2.29. The molecule has 1 N–H and O–H groups in total. The molecule has 0 unspecified atom stereocenters. The van der Waals surface area contributed by atoms with Gasteiger partial charge in [0.25, 0.3) is 5.91 Å². The van der Waals surface area contributed by atoms with Crippen molar-refractivity contribution < 1.29 is 42.9 Å². The Hall–Kier alpha value is -4.28. The Labute approximate surface area is 219 Å². The molecule has 1 saturated heterocycles. The number of hydrogen-bond donors (Lipinski definition) is 1. The number of esters is 4. The number of nitrogens with one attached hydrogen (secondary N) is 1. The van der Waals surface area contributed by atoms with Crippen LogP contribution in [0.5, 0.6) is 5.75 Å². The summed E-state index contributed by atoms with van der Waals surface area (Å²) in [6, 6.07) is 10.5. The molecule has 1 aromatic carbocycles. The minimum absolute atomic E-state index is 0.108. The zero-order chi connectivity index (χ0) is 27.8. The van der Waals surface area contributed by atoms with Gasteiger partial charge in [-0.3, -0.25) is 19.2 Å². The summed E-state index contributed by atoms with van der Waals surface area (Å²) in [4.78, 5) is 67.0. The van der Waals surface area contributed by atoms with Gasteiger partial charge in [-0.2, -0.15) is 0 Å². The summed E-state index contributed by atoms with van der Waals surface area (Å²) in [5.41, 5.74) is 0.538. The molecule has 1 aromatic heterocycles. The minimum atomic E-state index is -1.40. The first kappa shape index (κ1) is 28.3. The number of hydrogen-bond acceptors (Lipinski definition) is 10. The second-order valence-corrected chi connectivity index (χ2v) is 9.09. The number of nitrogens with zero attached hydrogens (tertiary/aromatic N) is 1. The highest BCUT2D eigenvalue weighted by atomic mass is 16.6. The third-order valence-electron chi connectivity index (χ3n) is 5.71. The number of benzene rings is 1. The van der Waals surface area contributed by atoms with Crippen molar-refractivity contribution in [2.45, 2.75) is 52.4 Å². The highest BCUT2D eigenvalue weighted by molar-refractivity contribution is 5.98. The SMILES string of the molecule is CC(=O)Oc1cccnc1C(=O)N[C@H]1COC(=O)[C@H](Cc2ccccc2)[C@@H](OC(=O)C(C)C)[C@H](C)OC1=O. The van der Waals surface area contributed by atoms with E-state index < -0.39 is 66.5 Å². The quantitative estimate of drug-likeness (QED) is 0.420. The summed E-state index contributed by atoms with van der Waals surface area (Å²) in [5.74, 6) is -5.30. The molecule has 0 bridgehead atoms. The van der Waals surface area contributed by atoms with E-state index in [1.165, 1.54) is 32.2 Å². The highest BCUT2D eigenvalue weighted by Gasteiger charge is 2.42. The van der Waals surface area contributed by atoms with Crippen LogP contribution in [-0.4, -0.2) is 59.6 Å². The van der Waals surface area contributed by atoms with Crippen molar-refractivity contribution in [1.82, 2.24) is 10.3 Å². The van der Waals surface area contributed by atoms with Gasteiger partial charge in [-0.05, 0) is 31.0 Å². The molecule has 38 heavy (non-hydrogen) atoms. The van der Waals surface area contributed by atoms with Crippen molar-refractivity contribution in [2.75, 3.05) is 6.61 Å². The van der Waals surface area contributed by atoms with Gasteiger partial charge in [0, 0.05) is 13.1 Å². The molecule has 1 aliphatic rings. The number of carbonyl (C=O) groups excluding carboxylic acids is 5. The fraction of sp³-hybridized carbons (Fsp3) is 0.407. The molecule has 0 radical (unpaired) electrons. The molecule has 202 valence electrons. The zero-order valence-electron chi connectivity index (χ0n) is 21.5. The molecule has 0 saturated carbocycles. The number of amides is 1. The van der Waals surface area contributed by atoms with Crippen LogP contribution >= 0.6 is 0 Å². The Kier molecular flexibility index (Phi) is 9.53. The van der Waals surface area contributed by atoms with E-state index in [1.54, 1.807) is 13.8 Å². The van der Waals surface area contributed by atoms with Gasteiger partial charge < -0.3 is 24.3 Å². The van der Waals surface area contributed by atoms with E-state index in [-0.39, 0.29) is 17.9 Å². The van der Waals surface area contributed by atoms with Gasteiger partial charge in [-0.1, -0.05) is 44.2 Å². The standard InChI is InChI=1S/C27H30N2O9/c1-15(2)25(32)38-23-16(3)36-27(34)20(14-35-26(33)19(23)13-18-9-6-5-7-10-18)29-24(31)22-21(37-17(4)30)11-8-12-28-22/h5-12,15-16,19-20,23H,13-14H2,1-4H3,(H,29,31)/t16-,19+,20-,23-/m0/s1. The van der Waals surface area contributed by atoms with E-state index in [1.807, 2.05) is 30.3 Å². The van der Waals surface area contributed by atoms with Crippen molar-refractivity contribution in [2.24, 2.45) is 11.8 Å². The average molecular weight is 527 g/mol. The summed E-state index contributed by atoms with van der Waals surface area (Å²) in [6.07, 6.45) is -0.709. The van der Waals surface area contributed by atoms with Gasteiger partial charge in [0.2, 0.25) is 0 Å². The maximum absolute atomic E-state index is 13.3. The van der Waals surface area contributed by atoms with Crippen LogP contribution in [0.3, 0.4) is 0 Å². The highest BCUT2D eigenvalue weighted by Crippen LogP contribution is 2.25. The molecule has 0 spiro atoms. The maximum Gasteiger partial charge on any atom is 0.332 e. The van der Waals surface area contributed by atoms with Crippen LogP contribution in [0.15, 0.2) is 48.7 Å². The number of ether oxygens (including phenoxy) is 4. The van der Waals surface area contributed by atoms with E-state index >= 15 is 0 Å². The van der Waals surface area contributed by atoms with Crippen LogP contribution in [-0.2, 0) is 39.8 Å². The fourth-order valence-corrected chi connectivity index (χ4v) is 3.78. The molecule has 4 atom stereocenters. The first-order valence-electron chi connectivity index (χ1n) is 12.1. The second-order valence-electron chi connectivity index (χ2n) is 9.09. The summed E-state index contributed by atoms with van der Waals surface area (Å²) in [6.45, 7) is 5.42. The van der Waals surface area contributed by atoms with Crippen LogP contribution in [0.4, 0.5) is 0 Å². The Morgan fingerprint density at radius 1 is 1.08 bits per heavy atom. The van der Waals surface area contributed by atoms with Crippen molar-refractivity contribution in [3.63, 3.8) is 0 Å². The number of rotatable bonds is 7. The third kappa shape index (κ3) is 7.37. The summed E-state index contributed by atoms with van der Waals surface area (Å²) in [5, 5.41) is 2.42. The smallest absolute Gasteiger partial charge is 0.332 e. The van der Waals surface area contributed by atoms with Crippen LogP contribution in [0.2, 0.25) is 0 Å². The van der Waals surface area contributed by atoms with Gasteiger partial charge in [0.05, 0.1) is 5.92 Å². The number of aromatic nitrogens is 1. The zero-order valence-corrected chi connectivity index (χ0v) is 21.5. The molecule has 3 rings (SSSR count). The first-order chi connectivity index (χ1) is 18.1. The average Bonchev–Trinajstić information content (AvgIpc) is 2.91. The largest absolute Gasteiger partial charge is 0.463 e. The molecular weight excluding hydrogens is 496 g/mol. The Morgan fingerprint density at radius 2 is 1.79 bits per heavy atom. The van der Waals surface area contributed by atoms with Crippen LogP contribution in [0, 0.1) is 11.8 Å². The summed E-state index contributed by atoms with van der Waals surface area (Å²) < 4.78 is 21.6. The minimum Gasteiger partial charge on any atom is -0.463 e. The number of cyclic esters (lactones) is 2. The maximum atomic E-state index is 13.3. The summed E-state index contributed by atoms with van der Waals surface area (Å²) in [7, 11) is 0. The van der Waals surface area contributed by atoms with Gasteiger partial charge >= 0.3 is 23.9 Å². The number of pyridine rings is 1. The van der Waals surface area contributed by atoms with E-state index in [0.29, 0.717) is 0 Å². The third-order valence-corrected chi connectivity index (χ3v) is 5.71. The molecule has 1 fully saturated rings. The first-order valence-corrected chi connectivity index (χ1v) is 12.1. The molecule has 2 aromatic rings.